The molecule has 23 heavy (non-hydrogen) atoms. The van der Waals surface area contributed by atoms with Crippen LogP contribution in [0.2, 0.25) is 0 Å². The third kappa shape index (κ3) is 4.78. The van der Waals surface area contributed by atoms with Crippen LogP contribution in [-0.2, 0) is 11.2 Å². The maximum atomic E-state index is 12.4. The number of hydrogen-bond donors (Lipinski definition) is 2. The molecule has 2 saturated heterocycles. The topological polar surface area (TPSA) is 50.4 Å². The second kappa shape index (κ2) is 7.93. The largest absolute Gasteiger partial charge is 0.435 e. The van der Waals surface area contributed by atoms with Crippen molar-refractivity contribution in [2.75, 3.05) is 0 Å². The lowest BCUT2D eigenvalue weighted by Crippen LogP contribution is -2.48. The number of rotatable bonds is 5. The zero-order valence-electron chi connectivity index (χ0n) is 12.6. The predicted molar refractivity (Wildman–Crippen MR) is 85.1 cm³/mol. The third-order valence-electron chi connectivity index (χ3n) is 4.38. The Morgan fingerprint density at radius 2 is 1.91 bits per heavy atom. The van der Waals surface area contributed by atoms with Crippen LogP contribution in [0.25, 0.3) is 0 Å². The highest BCUT2D eigenvalue weighted by Crippen LogP contribution is 2.27. The third-order valence-corrected chi connectivity index (χ3v) is 4.38. The number of carbonyl (C=O) groups excluding carboxylic acids is 1. The van der Waals surface area contributed by atoms with Crippen molar-refractivity contribution in [2.24, 2.45) is 0 Å². The van der Waals surface area contributed by atoms with E-state index in [1.54, 1.807) is 18.2 Å². The van der Waals surface area contributed by atoms with Gasteiger partial charge >= 0.3 is 6.61 Å². The van der Waals surface area contributed by atoms with Gasteiger partial charge in [0, 0.05) is 23.7 Å². The summed E-state index contributed by atoms with van der Waals surface area (Å²) in [6.07, 6.45) is 4.28. The van der Waals surface area contributed by atoms with E-state index in [9.17, 15) is 13.6 Å². The predicted octanol–water partition coefficient (Wildman–Crippen LogP) is 2.65. The molecule has 0 aliphatic carbocycles. The lowest BCUT2D eigenvalue weighted by atomic mass is 9.99. The molecule has 0 aromatic heterocycles. The first-order chi connectivity index (χ1) is 10.6. The van der Waals surface area contributed by atoms with Gasteiger partial charge in [-0.1, -0.05) is 18.2 Å². The number of para-hydroxylation sites is 1. The Hall–Kier alpha value is -1.40. The normalized spacial score (nSPS) is 25.8. The first kappa shape index (κ1) is 17.9. The van der Waals surface area contributed by atoms with E-state index in [2.05, 4.69) is 15.4 Å². The molecule has 128 valence electrons. The number of nitrogens with one attached hydrogen (secondary N) is 2. The summed E-state index contributed by atoms with van der Waals surface area (Å²) in [7, 11) is 0. The molecule has 7 heteroatoms. The molecule has 2 bridgehead atoms. The molecule has 0 radical (unpaired) electrons. The van der Waals surface area contributed by atoms with E-state index >= 15 is 0 Å². The Bertz CT molecular complexity index is 533. The first-order valence-corrected chi connectivity index (χ1v) is 7.68. The van der Waals surface area contributed by atoms with Crippen LogP contribution in [0.4, 0.5) is 8.78 Å². The van der Waals surface area contributed by atoms with Crippen molar-refractivity contribution in [3.8, 4) is 5.75 Å². The summed E-state index contributed by atoms with van der Waals surface area (Å²) in [5.41, 5.74) is 0.484. The Labute approximate surface area is 140 Å². The van der Waals surface area contributed by atoms with Gasteiger partial charge in [-0.25, -0.2) is 0 Å². The molecule has 0 saturated carbocycles. The number of amides is 1. The molecule has 2 unspecified atom stereocenters. The molecule has 2 aliphatic rings. The average Bonchev–Trinajstić information content (AvgIpc) is 2.79. The average molecular weight is 347 g/mol. The van der Waals surface area contributed by atoms with E-state index < -0.39 is 6.61 Å². The number of fused-ring (bicyclic) bond motifs is 2. The maximum Gasteiger partial charge on any atom is 0.387 e. The summed E-state index contributed by atoms with van der Waals surface area (Å²) < 4.78 is 29.2. The van der Waals surface area contributed by atoms with E-state index in [4.69, 9.17) is 0 Å². The fourth-order valence-corrected chi connectivity index (χ4v) is 3.49. The minimum absolute atomic E-state index is 0. The van der Waals surface area contributed by atoms with E-state index in [0.29, 0.717) is 17.6 Å². The summed E-state index contributed by atoms with van der Waals surface area (Å²) in [6.45, 7) is -2.88. The molecule has 3 rings (SSSR count). The Morgan fingerprint density at radius 3 is 2.57 bits per heavy atom. The first-order valence-electron chi connectivity index (χ1n) is 7.68. The van der Waals surface area contributed by atoms with E-state index in [-0.39, 0.29) is 36.5 Å². The molecular weight excluding hydrogens is 326 g/mol. The van der Waals surface area contributed by atoms with Gasteiger partial charge in [-0.3, -0.25) is 4.79 Å². The van der Waals surface area contributed by atoms with Crippen LogP contribution in [0, 0.1) is 0 Å². The van der Waals surface area contributed by atoms with Gasteiger partial charge in [0.2, 0.25) is 5.91 Å². The minimum atomic E-state index is -2.88. The number of hydrogen-bond acceptors (Lipinski definition) is 3. The van der Waals surface area contributed by atoms with Crippen LogP contribution >= 0.6 is 12.4 Å². The standard InChI is InChI=1S/C16H20F2N2O2.ClH/c17-16(18)22-14-4-2-1-3-10(14)7-15(21)20-13-8-11-5-6-12(9-13)19-11;/h1-4,11-13,16,19H,5-9H2,(H,20,21);1H. The molecule has 2 heterocycles. The SMILES string of the molecule is Cl.O=C(Cc1ccccc1OC(F)F)NC1CC2CCC(C1)N2. The van der Waals surface area contributed by atoms with Crippen LogP contribution in [0.3, 0.4) is 0 Å². The number of ether oxygens (including phenoxy) is 1. The van der Waals surface area contributed by atoms with Crippen molar-refractivity contribution in [1.29, 1.82) is 0 Å². The van der Waals surface area contributed by atoms with Crippen LogP contribution < -0.4 is 15.4 Å². The maximum absolute atomic E-state index is 12.4. The van der Waals surface area contributed by atoms with Gasteiger partial charge in [-0.05, 0) is 31.7 Å². The van der Waals surface area contributed by atoms with Crippen LogP contribution in [0.15, 0.2) is 24.3 Å². The summed E-state index contributed by atoms with van der Waals surface area (Å²) in [4.78, 5) is 12.2. The van der Waals surface area contributed by atoms with Crippen molar-refractivity contribution >= 4 is 18.3 Å². The summed E-state index contributed by atoms with van der Waals surface area (Å²) >= 11 is 0. The Balaban J connectivity index is 0.00000192. The monoisotopic (exact) mass is 346 g/mol. The molecular formula is C16H21ClF2N2O2. The second-order valence-corrected chi connectivity index (χ2v) is 6.04. The number of halogens is 3. The Morgan fingerprint density at radius 1 is 1.26 bits per heavy atom. The fourth-order valence-electron chi connectivity index (χ4n) is 3.49. The van der Waals surface area contributed by atoms with Crippen LogP contribution in [0.5, 0.6) is 5.75 Å². The molecule has 2 fully saturated rings. The van der Waals surface area contributed by atoms with E-state index in [1.807, 2.05) is 0 Å². The van der Waals surface area contributed by atoms with Gasteiger partial charge in [0.15, 0.2) is 0 Å². The molecule has 1 aromatic rings. The summed E-state index contributed by atoms with van der Waals surface area (Å²) in [5, 5.41) is 6.55. The van der Waals surface area contributed by atoms with Crippen molar-refractivity contribution in [3.63, 3.8) is 0 Å². The molecule has 2 atom stereocenters. The molecule has 1 aromatic carbocycles. The molecule has 2 aliphatic heterocycles. The van der Waals surface area contributed by atoms with Crippen molar-refractivity contribution in [1.82, 2.24) is 10.6 Å². The summed E-state index contributed by atoms with van der Waals surface area (Å²) in [5.74, 6) is -0.0744. The number of alkyl halides is 2. The molecule has 0 spiro atoms. The Kier molecular flexibility index (Phi) is 6.18. The zero-order chi connectivity index (χ0) is 15.5. The van der Waals surface area contributed by atoms with Crippen molar-refractivity contribution in [3.05, 3.63) is 29.8 Å². The number of piperidine rings is 1. The van der Waals surface area contributed by atoms with Gasteiger partial charge in [0.05, 0.1) is 6.42 Å². The van der Waals surface area contributed by atoms with Crippen molar-refractivity contribution < 1.29 is 18.3 Å². The van der Waals surface area contributed by atoms with Crippen LogP contribution in [-0.4, -0.2) is 30.6 Å². The highest BCUT2D eigenvalue weighted by Gasteiger charge is 2.33. The zero-order valence-corrected chi connectivity index (χ0v) is 13.5. The van der Waals surface area contributed by atoms with Gasteiger partial charge in [0.1, 0.15) is 5.75 Å². The smallest absolute Gasteiger partial charge is 0.387 e. The van der Waals surface area contributed by atoms with Gasteiger partial charge in [0.25, 0.3) is 0 Å². The number of carbonyl (C=O) groups is 1. The summed E-state index contributed by atoms with van der Waals surface area (Å²) in [6, 6.07) is 7.60. The van der Waals surface area contributed by atoms with Gasteiger partial charge < -0.3 is 15.4 Å². The lowest BCUT2D eigenvalue weighted by molar-refractivity contribution is -0.121. The number of benzene rings is 1. The van der Waals surface area contributed by atoms with Crippen molar-refractivity contribution in [2.45, 2.75) is 56.8 Å². The molecule has 2 N–H and O–H groups in total. The second-order valence-electron chi connectivity index (χ2n) is 6.04. The van der Waals surface area contributed by atoms with Crippen LogP contribution in [0.1, 0.15) is 31.2 Å². The van der Waals surface area contributed by atoms with E-state index in [0.717, 1.165) is 12.8 Å². The quantitative estimate of drug-likeness (QED) is 0.861. The molecule has 1 amide bonds. The van der Waals surface area contributed by atoms with Gasteiger partial charge in [-0.15, -0.1) is 12.4 Å². The van der Waals surface area contributed by atoms with Gasteiger partial charge in [-0.2, -0.15) is 8.78 Å². The van der Waals surface area contributed by atoms with E-state index in [1.165, 1.54) is 18.9 Å². The molecule has 4 nitrogen and oxygen atoms in total. The highest BCUT2D eigenvalue weighted by atomic mass is 35.5. The lowest BCUT2D eigenvalue weighted by Gasteiger charge is -2.29. The minimum Gasteiger partial charge on any atom is -0.435 e. The fraction of sp³-hybridized carbons (Fsp3) is 0.562. The highest BCUT2D eigenvalue weighted by molar-refractivity contribution is 5.85.